The Morgan fingerprint density at radius 3 is 2.75 bits per heavy atom. The lowest BCUT2D eigenvalue weighted by molar-refractivity contribution is 0.569. The molecule has 0 heterocycles. The zero-order valence-electron chi connectivity index (χ0n) is 15.1. The number of hydrogen-bond acceptors (Lipinski definition) is 0. The number of hydrogen-bond donors (Lipinski definition) is 0. The first-order valence-electron chi connectivity index (χ1n) is 9.77. The second kappa shape index (κ2) is 6.59. The molecule has 0 amide bonds. The van der Waals surface area contributed by atoms with E-state index in [1.54, 1.807) is 11.1 Å². The molecule has 0 saturated carbocycles. The lowest BCUT2D eigenvalue weighted by Gasteiger charge is -2.30. The van der Waals surface area contributed by atoms with Crippen LogP contribution in [0.15, 0.2) is 48.1 Å². The van der Waals surface area contributed by atoms with E-state index in [-0.39, 0.29) is 0 Å². The van der Waals surface area contributed by atoms with Crippen LogP contribution >= 0.6 is 0 Å². The molecular formula is C24H28. The molecular weight excluding hydrogens is 288 g/mol. The number of allylic oxidation sites excluding steroid dienone is 4. The second-order valence-electron chi connectivity index (χ2n) is 7.39. The zero-order chi connectivity index (χ0) is 16.5. The minimum Gasteiger partial charge on any atom is -0.0833 e. The maximum atomic E-state index is 2.41. The molecule has 0 nitrogen and oxygen atoms in total. The van der Waals surface area contributed by atoms with Gasteiger partial charge in [-0.15, -0.1) is 0 Å². The topological polar surface area (TPSA) is 0 Å². The van der Waals surface area contributed by atoms with E-state index < -0.39 is 0 Å². The van der Waals surface area contributed by atoms with Crippen molar-refractivity contribution in [3.8, 4) is 0 Å². The number of rotatable bonds is 4. The van der Waals surface area contributed by atoms with Crippen molar-refractivity contribution in [3.05, 3.63) is 64.7 Å². The summed E-state index contributed by atoms with van der Waals surface area (Å²) in [7, 11) is 0. The molecule has 0 N–H and O–H groups in total. The SMILES string of the molecule is CCCCc1cccc2c3c(ccc12)C1=C(CC3)C(CC)CC=C1. The van der Waals surface area contributed by atoms with Gasteiger partial charge in [0.25, 0.3) is 0 Å². The Balaban J connectivity index is 1.85. The van der Waals surface area contributed by atoms with Crippen molar-refractivity contribution in [1.29, 1.82) is 0 Å². The third-order valence-corrected chi connectivity index (χ3v) is 6.03. The molecule has 1 unspecified atom stereocenters. The lowest BCUT2D eigenvalue weighted by Crippen LogP contribution is -2.14. The van der Waals surface area contributed by atoms with Crippen LogP contribution in [-0.2, 0) is 12.8 Å². The summed E-state index contributed by atoms with van der Waals surface area (Å²) in [6.07, 6.45) is 13.5. The highest BCUT2D eigenvalue weighted by Crippen LogP contribution is 2.43. The van der Waals surface area contributed by atoms with Gasteiger partial charge in [0.1, 0.15) is 0 Å². The first kappa shape index (κ1) is 15.7. The maximum Gasteiger partial charge on any atom is -0.0143 e. The van der Waals surface area contributed by atoms with Crippen molar-refractivity contribution in [2.24, 2.45) is 5.92 Å². The van der Waals surface area contributed by atoms with Gasteiger partial charge < -0.3 is 0 Å². The number of unbranched alkanes of at least 4 members (excludes halogenated alkanes) is 1. The van der Waals surface area contributed by atoms with Crippen LogP contribution in [-0.4, -0.2) is 0 Å². The van der Waals surface area contributed by atoms with Crippen LogP contribution in [0.25, 0.3) is 16.3 Å². The summed E-state index contributed by atoms with van der Waals surface area (Å²) in [6, 6.07) is 11.7. The van der Waals surface area contributed by atoms with E-state index in [2.05, 4.69) is 56.3 Å². The van der Waals surface area contributed by atoms with E-state index in [1.165, 1.54) is 72.4 Å². The molecule has 0 heteroatoms. The molecule has 0 bridgehead atoms. The molecule has 0 aliphatic heterocycles. The maximum absolute atomic E-state index is 2.41. The van der Waals surface area contributed by atoms with Gasteiger partial charge >= 0.3 is 0 Å². The first-order chi connectivity index (χ1) is 11.8. The van der Waals surface area contributed by atoms with Gasteiger partial charge in [0, 0.05) is 0 Å². The molecule has 0 spiro atoms. The molecule has 124 valence electrons. The van der Waals surface area contributed by atoms with Gasteiger partial charge in [-0.2, -0.15) is 0 Å². The van der Waals surface area contributed by atoms with Gasteiger partial charge in [-0.25, -0.2) is 0 Å². The molecule has 1 atom stereocenters. The van der Waals surface area contributed by atoms with Crippen LogP contribution in [0.5, 0.6) is 0 Å². The van der Waals surface area contributed by atoms with Crippen molar-refractivity contribution in [1.82, 2.24) is 0 Å². The predicted octanol–water partition coefficient (Wildman–Crippen LogP) is 6.87. The molecule has 0 saturated heterocycles. The Kier molecular flexibility index (Phi) is 4.31. The van der Waals surface area contributed by atoms with E-state index in [0.717, 1.165) is 5.92 Å². The van der Waals surface area contributed by atoms with Crippen molar-refractivity contribution in [2.45, 2.75) is 58.8 Å². The van der Waals surface area contributed by atoms with Crippen LogP contribution in [0.2, 0.25) is 0 Å². The van der Waals surface area contributed by atoms with Crippen LogP contribution < -0.4 is 0 Å². The molecule has 4 rings (SSSR count). The molecule has 0 radical (unpaired) electrons. The number of benzene rings is 2. The van der Waals surface area contributed by atoms with E-state index >= 15 is 0 Å². The predicted molar refractivity (Wildman–Crippen MR) is 105 cm³/mol. The zero-order valence-corrected chi connectivity index (χ0v) is 15.1. The third-order valence-electron chi connectivity index (χ3n) is 6.03. The molecule has 2 aliphatic carbocycles. The van der Waals surface area contributed by atoms with Gasteiger partial charge in [0.15, 0.2) is 0 Å². The molecule has 0 aromatic heterocycles. The fourth-order valence-electron chi connectivity index (χ4n) is 4.69. The molecule has 2 aliphatic rings. The summed E-state index contributed by atoms with van der Waals surface area (Å²) in [4.78, 5) is 0. The van der Waals surface area contributed by atoms with Gasteiger partial charge in [-0.3, -0.25) is 0 Å². The Morgan fingerprint density at radius 1 is 1.00 bits per heavy atom. The Morgan fingerprint density at radius 2 is 1.92 bits per heavy atom. The summed E-state index contributed by atoms with van der Waals surface area (Å²) < 4.78 is 0. The minimum atomic E-state index is 0.768. The molecule has 2 aromatic rings. The van der Waals surface area contributed by atoms with Crippen molar-refractivity contribution in [3.63, 3.8) is 0 Å². The number of fused-ring (bicyclic) bond motifs is 4. The second-order valence-corrected chi connectivity index (χ2v) is 7.39. The van der Waals surface area contributed by atoms with Gasteiger partial charge in [-0.1, -0.05) is 68.3 Å². The normalized spacial score (nSPS) is 19.5. The monoisotopic (exact) mass is 316 g/mol. The smallest absolute Gasteiger partial charge is 0.0143 e. The summed E-state index contributed by atoms with van der Waals surface area (Å²) in [5, 5.41) is 2.99. The summed E-state index contributed by atoms with van der Waals surface area (Å²) in [6.45, 7) is 4.62. The van der Waals surface area contributed by atoms with Crippen molar-refractivity contribution in [2.75, 3.05) is 0 Å². The Labute approximate surface area is 146 Å². The Bertz CT molecular complexity index is 819. The fraction of sp³-hybridized carbons (Fsp3) is 0.417. The average molecular weight is 316 g/mol. The van der Waals surface area contributed by atoms with Gasteiger partial charge in [-0.05, 0) is 77.5 Å². The lowest BCUT2D eigenvalue weighted by atomic mass is 9.74. The summed E-state index contributed by atoms with van der Waals surface area (Å²) >= 11 is 0. The van der Waals surface area contributed by atoms with Crippen LogP contribution in [0.1, 0.15) is 62.6 Å². The fourth-order valence-corrected chi connectivity index (χ4v) is 4.69. The molecule has 2 aromatic carbocycles. The number of aryl methyl sites for hydroxylation is 2. The average Bonchev–Trinajstić information content (AvgIpc) is 2.65. The molecule has 0 fully saturated rings. The van der Waals surface area contributed by atoms with E-state index in [4.69, 9.17) is 0 Å². The van der Waals surface area contributed by atoms with Crippen LogP contribution in [0.3, 0.4) is 0 Å². The summed E-state index contributed by atoms with van der Waals surface area (Å²) in [5.74, 6) is 0.768. The highest BCUT2D eigenvalue weighted by atomic mass is 14.3. The Hall–Kier alpha value is -1.82. The summed E-state index contributed by atoms with van der Waals surface area (Å²) in [5.41, 5.74) is 7.88. The molecule has 24 heavy (non-hydrogen) atoms. The van der Waals surface area contributed by atoms with E-state index in [0.29, 0.717) is 0 Å². The third kappa shape index (κ3) is 2.53. The highest BCUT2D eigenvalue weighted by molar-refractivity contribution is 5.95. The van der Waals surface area contributed by atoms with E-state index in [9.17, 15) is 0 Å². The highest BCUT2D eigenvalue weighted by Gasteiger charge is 2.25. The minimum absolute atomic E-state index is 0.768. The quantitative estimate of drug-likeness (QED) is 0.577. The van der Waals surface area contributed by atoms with Crippen LogP contribution in [0, 0.1) is 5.92 Å². The largest absolute Gasteiger partial charge is 0.0833 e. The van der Waals surface area contributed by atoms with Crippen LogP contribution in [0.4, 0.5) is 0 Å². The van der Waals surface area contributed by atoms with Gasteiger partial charge in [0.2, 0.25) is 0 Å². The van der Waals surface area contributed by atoms with E-state index in [1.807, 2.05) is 0 Å². The standard InChI is InChI=1S/C24H28/c1-3-5-8-18-10-7-12-22-20(18)14-16-23-21-11-6-9-17(4-2)19(21)13-15-24(22)23/h6-7,10-12,14,16-17H,3-5,8-9,13,15H2,1-2H3. The van der Waals surface area contributed by atoms with Crippen molar-refractivity contribution < 1.29 is 0 Å². The van der Waals surface area contributed by atoms with Gasteiger partial charge in [0.05, 0.1) is 0 Å². The first-order valence-corrected chi connectivity index (χ1v) is 9.77. The van der Waals surface area contributed by atoms with Crippen molar-refractivity contribution >= 4 is 16.3 Å².